The smallest absolute Gasteiger partial charge is 0.0316 e. The van der Waals surface area contributed by atoms with Crippen LogP contribution in [0.25, 0.3) is 0 Å². The Morgan fingerprint density at radius 3 is 2.33 bits per heavy atom. The molecule has 0 aliphatic rings. The van der Waals surface area contributed by atoms with Crippen LogP contribution in [0.5, 0.6) is 0 Å². The Kier molecular flexibility index (Phi) is 2.79. The van der Waals surface area contributed by atoms with Gasteiger partial charge in [0.05, 0.1) is 0 Å². The maximum absolute atomic E-state index is 5.46. The van der Waals surface area contributed by atoms with E-state index in [2.05, 4.69) is 0 Å². The fraction of sp³-hybridized carbons (Fsp3) is 0.250. The Morgan fingerprint density at radius 2 is 2.00 bits per heavy atom. The zero-order valence-electron chi connectivity index (χ0n) is 4.89. The molecule has 0 fully saturated rings. The van der Waals surface area contributed by atoms with Gasteiger partial charge in [-0.05, 0) is 24.6 Å². The van der Waals surface area contributed by atoms with Crippen molar-refractivity contribution in [1.82, 2.24) is 0 Å². The lowest BCUT2D eigenvalue weighted by Crippen LogP contribution is -1.82. The summed E-state index contributed by atoms with van der Waals surface area (Å²) in [5.74, 6) is 0. The summed E-state index contributed by atoms with van der Waals surface area (Å²) in [5.41, 5.74) is 7.51. The van der Waals surface area contributed by atoms with Gasteiger partial charge in [0.15, 0.2) is 0 Å². The van der Waals surface area contributed by atoms with Gasteiger partial charge in [0.1, 0.15) is 0 Å². The van der Waals surface area contributed by atoms with Gasteiger partial charge in [-0.1, -0.05) is 19.6 Å². The highest BCUT2D eigenvalue weighted by Gasteiger charge is 1.81. The van der Waals surface area contributed by atoms with E-state index < -0.39 is 0 Å². The molecule has 0 aliphatic heterocycles. The molecule has 2 N–H and O–H groups in total. The molecule has 0 bridgehead atoms. The molecular weight excluding hydrogens is 110 g/mol. The maximum atomic E-state index is 5.46. The molecule has 0 radical (unpaired) electrons. The van der Waals surface area contributed by atoms with Crippen LogP contribution >= 0.6 is 0 Å². The van der Waals surface area contributed by atoms with E-state index in [0.29, 0.717) is 0 Å². The zero-order chi connectivity index (χ0) is 5.98. The van der Waals surface area contributed by atoms with E-state index in [1.807, 2.05) is 31.2 Å². The average Bonchev–Trinajstić information content (AvgIpc) is 1.64. The summed E-state index contributed by atoms with van der Waals surface area (Å²) in [5, 5.41) is 0. The van der Waals surface area contributed by atoms with Gasteiger partial charge in [-0.3, -0.25) is 0 Å². The van der Waals surface area contributed by atoms with Crippen molar-refractivity contribution in [3.05, 3.63) is 29.8 Å². The van der Waals surface area contributed by atoms with Crippen molar-refractivity contribution in [2.45, 2.75) is 14.4 Å². The summed E-state index contributed by atoms with van der Waals surface area (Å²) in [7, 11) is 0. The van der Waals surface area contributed by atoms with Crippen LogP contribution in [-0.2, 0) is 0 Å². The number of hydrogen-bond acceptors (Lipinski definition) is 1. The lowest BCUT2D eigenvalue weighted by atomic mass is 10.2. The van der Waals surface area contributed by atoms with Gasteiger partial charge in [0.2, 0.25) is 0 Å². The van der Waals surface area contributed by atoms with Crippen LogP contribution in [0.2, 0.25) is 0 Å². The molecule has 0 aromatic heterocycles. The van der Waals surface area contributed by atoms with Gasteiger partial charge in [-0.15, -0.1) is 0 Å². The van der Waals surface area contributed by atoms with Gasteiger partial charge in [-0.2, -0.15) is 0 Å². The molecule has 1 nitrogen and oxygen atoms in total. The third-order valence-corrected chi connectivity index (χ3v) is 1.04. The molecule has 1 aromatic rings. The summed E-state index contributed by atoms with van der Waals surface area (Å²) in [6, 6.07) is 7.80. The molecule has 0 saturated carbocycles. The first-order chi connectivity index (χ1) is 3.79. The van der Waals surface area contributed by atoms with Gasteiger partial charge in [0.25, 0.3) is 0 Å². The van der Waals surface area contributed by atoms with E-state index in [1.165, 1.54) is 5.56 Å². The quantitative estimate of drug-likeness (QED) is 0.526. The minimum Gasteiger partial charge on any atom is -0.399 e. The molecule has 9 heavy (non-hydrogen) atoms. The van der Waals surface area contributed by atoms with E-state index in [0.717, 1.165) is 5.69 Å². The lowest BCUT2D eigenvalue weighted by molar-refractivity contribution is 1.47. The molecule has 0 heterocycles. The summed E-state index contributed by atoms with van der Waals surface area (Å²) in [4.78, 5) is 0. The Hall–Kier alpha value is -0.980. The standard InChI is InChI=1S/C7H9N.CH4/c1-6-3-2-4-7(8)5-6;/h2-5H,8H2,1H3;1H4. The van der Waals surface area contributed by atoms with Crippen LogP contribution in [0.3, 0.4) is 0 Å². The summed E-state index contributed by atoms with van der Waals surface area (Å²) in [6.07, 6.45) is 0. The highest BCUT2D eigenvalue weighted by Crippen LogP contribution is 2.03. The summed E-state index contributed by atoms with van der Waals surface area (Å²) < 4.78 is 0. The van der Waals surface area contributed by atoms with Crippen molar-refractivity contribution in [3.63, 3.8) is 0 Å². The first kappa shape index (κ1) is 8.02. The molecule has 50 valence electrons. The second kappa shape index (κ2) is 3.13. The van der Waals surface area contributed by atoms with Crippen molar-refractivity contribution in [2.75, 3.05) is 5.73 Å². The van der Waals surface area contributed by atoms with E-state index in [-0.39, 0.29) is 7.43 Å². The number of nitrogen functional groups attached to an aromatic ring is 1. The molecule has 0 amide bonds. The van der Waals surface area contributed by atoms with Gasteiger partial charge in [0, 0.05) is 5.69 Å². The second-order valence-corrected chi connectivity index (χ2v) is 1.91. The zero-order valence-corrected chi connectivity index (χ0v) is 4.89. The lowest BCUT2D eigenvalue weighted by Gasteiger charge is -1.91. The van der Waals surface area contributed by atoms with Crippen LogP contribution < -0.4 is 5.73 Å². The first-order valence-electron chi connectivity index (χ1n) is 2.61. The average molecular weight is 123 g/mol. The van der Waals surface area contributed by atoms with E-state index in [4.69, 9.17) is 5.73 Å². The number of nitrogens with two attached hydrogens (primary N) is 1. The first-order valence-corrected chi connectivity index (χ1v) is 2.61. The summed E-state index contributed by atoms with van der Waals surface area (Å²) >= 11 is 0. The van der Waals surface area contributed by atoms with Crippen LogP contribution in [0.4, 0.5) is 5.69 Å². The number of anilines is 1. The SMILES string of the molecule is C.Cc1cccc(N)c1. The Morgan fingerprint density at radius 1 is 1.33 bits per heavy atom. The van der Waals surface area contributed by atoms with Gasteiger partial charge in [-0.25, -0.2) is 0 Å². The molecule has 1 aromatic carbocycles. The Labute approximate surface area is 56.5 Å². The Bertz CT molecular complexity index is 164. The molecule has 0 aliphatic carbocycles. The highest BCUT2D eigenvalue weighted by molar-refractivity contribution is 5.39. The van der Waals surface area contributed by atoms with E-state index >= 15 is 0 Å². The minimum absolute atomic E-state index is 0. The van der Waals surface area contributed by atoms with Crippen molar-refractivity contribution in [1.29, 1.82) is 0 Å². The molecule has 1 heteroatoms. The largest absolute Gasteiger partial charge is 0.399 e. The fourth-order valence-corrected chi connectivity index (χ4v) is 0.670. The minimum atomic E-state index is 0. The van der Waals surface area contributed by atoms with Crippen LogP contribution in [0.15, 0.2) is 24.3 Å². The normalized spacial score (nSPS) is 8.11. The van der Waals surface area contributed by atoms with E-state index in [9.17, 15) is 0 Å². The maximum Gasteiger partial charge on any atom is 0.0316 e. The Balaban J connectivity index is 0.000000640. The monoisotopic (exact) mass is 123 g/mol. The number of hydrogen-bond donors (Lipinski definition) is 1. The van der Waals surface area contributed by atoms with Crippen LogP contribution in [-0.4, -0.2) is 0 Å². The summed E-state index contributed by atoms with van der Waals surface area (Å²) in [6.45, 7) is 2.02. The topological polar surface area (TPSA) is 26.0 Å². The predicted molar refractivity (Wildman–Crippen MR) is 42.3 cm³/mol. The third-order valence-electron chi connectivity index (χ3n) is 1.04. The molecule has 0 spiro atoms. The molecule has 0 unspecified atom stereocenters. The number of rotatable bonds is 0. The number of aryl methyl sites for hydroxylation is 1. The van der Waals surface area contributed by atoms with Crippen LogP contribution in [0, 0.1) is 6.92 Å². The highest BCUT2D eigenvalue weighted by atomic mass is 14.5. The molecule has 1 rings (SSSR count). The van der Waals surface area contributed by atoms with Crippen LogP contribution in [0.1, 0.15) is 13.0 Å². The molecular formula is C8H13N. The molecule has 0 atom stereocenters. The second-order valence-electron chi connectivity index (χ2n) is 1.91. The van der Waals surface area contributed by atoms with E-state index in [1.54, 1.807) is 0 Å². The number of benzene rings is 1. The van der Waals surface area contributed by atoms with Gasteiger partial charge < -0.3 is 5.73 Å². The fourth-order valence-electron chi connectivity index (χ4n) is 0.670. The van der Waals surface area contributed by atoms with Crippen molar-refractivity contribution in [2.24, 2.45) is 0 Å². The third kappa shape index (κ3) is 2.17. The van der Waals surface area contributed by atoms with Gasteiger partial charge >= 0.3 is 0 Å². The van der Waals surface area contributed by atoms with Crippen molar-refractivity contribution >= 4 is 5.69 Å². The van der Waals surface area contributed by atoms with Crippen molar-refractivity contribution < 1.29 is 0 Å². The van der Waals surface area contributed by atoms with Crippen molar-refractivity contribution in [3.8, 4) is 0 Å². The molecule has 0 saturated heterocycles. The predicted octanol–water partition coefficient (Wildman–Crippen LogP) is 2.21.